The minimum Gasteiger partial charge on any atom is -0.406 e. The van der Waals surface area contributed by atoms with Crippen molar-refractivity contribution in [1.29, 1.82) is 0 Å². The first-order chi connectivity index (χ1) is 8.88. The van der Waals surface area contributed by atoms with Crippen molar-refractivity contribution in [2.75, 3.05) is 6.61 Å². The molecule has 0 fully saturated rings. The van der Waals surface area contributed by atoms with E-state index >= 15 is 0 Å². The summed E-state index contributed by atoms with van der Waals surface area (Å²) >= 11 is 0. The van der Waals surface area contributed by atoms with E-state index in [0.29, 0.717) is 0 Å². The van der Waals surface area contributed by atoms with Gasteiger partial charge in [0.1, 0.15) is 0 Å². The third-order valence-electron chi connectivity index (χ3n) is 2.00. The number of para-hydroxylation sites is 2. The van der Waals surface area contributed by atoms with Crippen molar-refractivity contribution in [3.8, 4) is 5.75 Å². The third kappa shape index (κ3) is 4.63. The molecule has 1 atom stereocenters. The predicted molar refractivity (Wildman–Crippen MR) is 71.2 cm³/mol. The van der Waals surface area contributed by atoms with Crippen LogP contribution in [-0.4, -0.2) is 17.6 Å². The summed E-state index contributed by atoms with van der Waals surface area (Å²) in [6.07, 6.45) is 0. The van der Waals surface area contributed by atoms with Crippen molar-refractivity contribution in [3.63, 3.8) is 0 Å². The summed E-state index contributed by atoms with van der Waals surface area (Å²) in [7, 11) is -3.62. The third-order valence-corrected chi connectivity index (χ3v) is 3.86. The Kier molecular flexibility index (Phi) is 5.47. The van der Waals surface area contributed by atoms with Crippen LogP contribution >= 0.6 is 7.75 Å². The van der Waals surface area contributed by atoms with E-state index in [-0.39, 0.29) is 24.1 Å². The van der Waals surface area contributed by atoms with E-state index in [1.807, 2.05) is 0 Å². The first-order valence-electron chi connectivity index (χ1n) is 5.83. The molecule has 0 spiro atoms. The number of nitro benzene ring substituents is 1. The van der Waals surface area contributed by atoms with Crippen molar-refractivity contribution in [3.05, 3.63) is 34.4 Å². The summed E-state index contributed by atoms with van der Waals surface area (Å²) in [6, 6.07) is 5.58. The highest BCUT2D eigenvalue weighted by Gasteiger charge is 2.30. The molecule has 0 aliphatic heterocycles. The summed E-state index contributed by atoms with van der Waals surface area (Å²) in [6.45, 7) is 5.37. The highest BCUT2D eigenvalue weighted by Crippen LogP contribution is 2.46. The smallest absolute Gasteiger partial charge is 0.406 e. The molecule has 0 aromatic heterocycles. The van der Waals surface area contributed by atoms with Crippen LogP contribution in [0.15, 0.2) is 24.3 Å². The van der Waals surface area contributed by atoms with E-state index in [1.165, 1.54) is 18.2 Å². The second-order valence-corrected chi connectivity index (χ2v) is 5.71. The van der Waals surface area contributed by atoms with Crippen molar-refractivity contribution < 1.29 is 18.5 Å². The maximum Gasteiger partial charge on any atom is 0.459 e. The van der Waals surface area contributed by atoms with Crippen molar-refractivity contribution in [2.24, 2.45) is 0 Å². The summed E-state index contributed by atoms with van der Waals surface area (Å²) in [5, 5.41) is 13.5. The fraction of sp³-hybridized carbons (Fsp3) is 0.455. The van der Waals surface area contributed by atoms with Gasteiger partial charge in [0.15, 0.2) is 0 Å². The number of nitrogens with zero attached hydrogens (tertiary/aromatic N) is 1. The predicted octanol–water partition coefficient (Wildman–Crippen LogP) is 3.12. The Hall–Kier alpha value is -1.43. The Bertz CT molecular complexity index is 492. The number of benzene rings is 1. The maximum atomic E-state index is 12.4. The number of rotatable bonds is 7. The lowest BCUT2D eigenvalue weighted by atomic mass is 10.3. The van der Waals surface area contributed by atoms with Crippen molar-refractivity contribution in [1.82, 2.24) is 5.09 Å². The van der Waals surface area contributed by atoms with Crippen LogP contribution in [0.2, 0.25) is 0 Å². The van der Waals surface area contributed by atoms with E-state index in [4.69, 9.17) is 9.05 Å². The Balaban J connectivity index is 3.03. The molecule has 1 N–H and O–H groups in total. The Labute approximate surface area is 111 Å². The topological polar surface area (TPSA) is 90.7 Å². The molecule has 8 heteroatoms. The van der Waals surface area contributed by atoms with E-state index in [1.54, 1.807) is 26.8 Å². The molecule has 0 amide bonds. The van der Waals surface area contributed by atoms with Gasteiger partial charge in [-0.2, -0.15) is 0 Å². The first kappa shape index (κ1) is 15.6. The van der Waals surface area contributed by atoms with E-state index in [9.17, 15) is 14.7 Å². The number of nitrogens with one attached hydrogen (secondary N) is 1. The van der Waals surface area contributed by atoms with Gasteiger partial charge in [0.05, 0.1) is 11.5 Å². The zero-order valence-electron chi connectivity index (χ0n) is 11.0. The number of nitro groups is 1. The van der Waals surface area contributed by atoms with Crippen LogP contribution in [0.1, 0.15) is 20.8 Å². The second-order valence-electron chi connectivity index (χ2n) is 4.02. The lowest BCUT2D eigenvalue weighted by molar-refractivity contribution is -0.385. The number of hydrogen-bond acceptors (Lipinski definition) is 5. The SMILES string of the molecule is CCOP(=O)(NC(C)C)Oc1ccccc1[N+](=O)[O-]. The van der Waals surface area contributed by atoms with Crippen LogP contribution in [0, 0.1) is 10.1 Å². The summed E-state index contributed by atoms with van der Waals surface area (Å²) < 4.78 is 22.7. The Morgan fingerprint density at radius 1 is 1.42 bits per heavy atom. The van der Waals surface area contributed by atoms with Crippen molar-refractivity contribution in [2.45, 2.75) is 26.8 Å². The molecule has 0 saturated carbocycles. The van der Waals surface area contributed by atoms with Gasteiger partial charge >= 0.3 is 13.4 Å². The van der Waals surface area contributed by atoms with Gasteiger partial charge in [-0.25, -0.2) is 9.65 Å². The zero-order chi connectivity index (χ0) is 14.5. The highest BCUT2D eigenvalue weighted by molar-refractivity contribution is 7.52. The van der Waals surface area contributed by atoms with Gasteiger partial charge in [-0.3, -0.25) is 14.6 Å². The van der Waals surface area contributed by atoms with E-state index in [0.717, 1.165) is 0 Å². The Morgan fingerprint density at radius 2 is 2.05 bits per heavy atom. The largest absolute Gasteiger partial charge is 0.459 e. The molecular formula is C11H17N2O5P. The first-order valence-corrected chi connectivity index (χ1v) is 7.37. The quantitative estimate of drug-likeness (QED) is 0.471. The monoisotopic (exact) mass is 288 g/mol. The molecule has 19 heavy (non-hydrogen) atoms. The average Bonchev–Trinajstić information content (AvgIpc) is 2.27. The molecule has 1 rings (SSSR count). The number of hydrogen-bond donors (Lipinski definition) is 1. The molecule has 0 bridgehead atoms. The average molecular weight is 288 g/mol. The fourth-order valence-corrected chi connectivity index (χ4v) is 2.96. The molecule has 0 saturated heterocycles. The van der Waals surface area contributed by atoms with Crippen LogP contribution in [0.3, 0.4) is 0 Å². The minimum absolute atomic E-state index is 0.0857. The lowest BCUT2D eigenvalue weighted by Crippen LogP contribution is -2.23. The lowest BCUT2D eigenvalue weighted by Gasteiger charge is -2.20. The molecular weight excluding hydrogens is 271 g/mol. The van der Waals surface area contributed by atoms with Gasteiger partial charge in [-0.05, 0) is 26.8 Å². The van der Waals surface area contributed by atoms with Crippen molar-refractivity contribution >= 4 is 13.4 Å². The standard InChI is InChI=1S/C11H17N2O5P/c1-4-17-19(16,12-9(2)3)18-11-8-6-5-7-10(11)13(14)15/h5-9H,4H2,1-3H3,(H,12,16). The van der Waals surface area contributed by atoms with Crippen LogP contribution in [0.25, 0.3) is 0 Å². The molecule has 106 valence electrons. The molecule has 1 aromatic carbocycles. The van der Waals surface area contributed by atoms with Gasteiger partial charge in [-0.15, -0.1) is 0 Å². The molecule has 0 aliphatic rings. The van der Waals surface area contributed by atoms with Crippen LogP contribution < -0.4 is 9.61 Å². The van der Waals surface area contributed by atoms with Gasteiger partial charge in [-0.1, -0.05) is 12.1 Å². The zero-order valence-corrected chi connectivity index (χ0v) is 11.9. The van der Waals surface area contributed by atoms with Crippen LogP contribution in [-0.2, 0) is 9.09 Å². The molecule has 0 radical (unpaired) electrons. The molecule has 1 unspecified atom stereocenters. The van der Waals surface area contributed by atoms with Gasteiger partial charge in [0, 0.05) is 12.1 Å². The van der Waals surface area contributed by atoms with Gasteiger partial charge in [0.2, 0.25) is 5.75 Å². The molecule has 1 aromatic rings. The van der Waals surface area contributed by atoms with E-state index < -0.39 is 12.7 Å². The van der Waals surface area contributed by atoms with E-state index in [2.05, 4.69) is 5.09 Å². The summed E-state index contributed by atoms with van der Waals surface area (Å²) in [4.78, 5) is 10.3. The van der Waals surface area contributed by atoms with Gasteiger partial charge in [0.25, 0.3) is 0 Å². The maximum absolute atomic E-state index is 12.4. The Morgan fingerprint density at radius 3 is 2.58 bits per heavy atom. The summed E-state index contributed by atoms with van der Waals surface area (Å²) in [5.74, 6) is -0.0857. The minimum atomic E-state index is -3.62. The molecule has 7 nitrogen and oxygen atoms in total. The second kappa shape index (κ2) is 6.65. The highest BCUT2D eigenvalue weighted by atomic mass is 31.2. The van der Waals surface area contributed by atoms with Crippen LogP contribution in [0.5, 0.6) is 5.75 Å². The fourth-order valence-electron chi connectivity index (χ4n) is 1.39. The van der Waals surface area contributed by atoms with Gasteiger partial charge < -0.3 is 4.52 Å². The summed E-state index contributed by atoms with van der Waals surface area (Å²) in [5.41, 5.74) is -0.256. The molecule has 0 heterocycles. The normalized spacial score (nSPS) is 14.1. The van der Waals surface area contributed by atoms with Crippen LogP contribution in [0.4, 0.5) is 5.69 Å². The molecule has 0 aliphatic carbocycles.